The van der Waals surface area contributed by atoms with Crippen molar-refractivity contribution in [1.82, 2.24) is 25.0 Å². The van der Waals surface area contributed by atoms with E-state index < -0.39 is 5.60 Å². The predicted molar refractivity (Wildman–Crippen MR) is 109 cm³/mol. The molecule has 9 heteroatoms. The van der Waals surface area contributed by atoms with Crippen molar-refractivity contribution in [3.05, 3.63) is 42.0 Å². The number of likely N-dealkylation sites (tertiary alicyclic amines) is 1. The quantitative estimate of drug-likeness (QED) is 0.829. The summed E-state index contributed by atoms with van der Waals surface area (Å²) in [6, 6.07) is 8.91. The van der Waals surface area contributed by atoms with E-state index in [0.29, 0.717) is 24.3 Å². The van der Waals surface area contributed by atoms with E-state index in [4.69, 9.17) is 10.00 Å². The van der Waals surface area contributed by atoms with E-state index in [0.717, 1.165) is 6.42 Å². The Labute approximate surface area is 175 Å². The van der Waals surface area contributed by atoms with Crippen LogP contribution in [0.4, 0.5) is 4.79 Å². The highest BCUT2D eigenvalue weighted by Crippen LogP contribution is 2.25. The molecule has 30 heavy (non-hydrogen) atoms. The zero-order valence-corrected chi connectivity index (χ0v) is 17.6. The molecule has 158 valence electrons. The minimum Gasteiger partial charge on any atom is -0.444 e. The first kappa shape index (κ1) is 21.3. The van der Waals surface area contributed by atoms with Crippen LogP contribution in [0.3, 0.4) is 0 Å². The van der Waals surface area contributed by atoms with Crippen LogP contribution in [0.1, 0.15) is 50.3 Å². The molecule has 1 aliphatic heterocycles. The van der Waals surface area contributed by atoms with Gasteiger partial charge >= 0.3 is 6.09 Å². The largest absolute Gasteiger partial charge is 0.444 e. The van der Waals surface area contributed by atoms with Crippen LogP contribution in [0.5, 0.6) is 0 Å². The molecule has 1 aliphatic rings. The highest BCUT2D eigenvalue weighted by atomic mass is 16.6. The molecule has 3 rings (SSSR count). The van der Waals surface area contributed by atoms with Crippen LogP contribution in [-0.4, -0.2) is 56.4 Å². The maximum absolute atomic E-state index is 12.5. The summed E-state index contributed by atoms with van der Waals surface area (Å²) in [5.74, 6) is -0.212. The number of benzene rings is 1. The Balaban J connectivity index is 1.57. The van der Waals surface area contributed by atoms with Crippen molar-refractivity contribution in [2.24, 2.45) is 5.92 Å². The van der Waals surface area contributed by atoms with Crippen LogP contribution in [0.2, 0.25) is 0 Å². The third kappa shape index (κ3) is 4.95. The van der Waals surface area contributed by atoms with Crippen LogP contribution in [0.25, 0.3) is 5.69 Å². The number of rotatable bonds is 4. The number of aromatic nitrogens is 3. The number of amides is 2. The maximum atomic E-state index is 12.5. The molecular weight excluding hydrogens is 384 g/mol. The average molecular weight is 410 g/mol. The fourth-order valence-electron chi connectivity index (χ4n) is 3.37. The zero-order chi connectivity index (χ0) is 21.9. The van der Waals surface area contributed by atoms with Gasteiger partial charge < -0.3 is 15.0 Å². The number of nitrogens with one attached hydrogen (secondary N) is 1. The number of carbonyl (C=O) groups excluding carboxylic acids is 2. The summed E-state index contributed by atoms with van der Waals surface area (Å²) in [6.45, 7) is 8.49. The Morgan fingerprint density at radius 3 is 2.83 bits per heavy atom. The summed E-state index contributed by atoms with van der Waals surface area (Å²) >= 11 is 0. The van der Waals surface area contributed by atoms with Crippen molar-refractivity contribution in [2.45, 2.75) is 45.8 Å². The van der Waals surface area contributed by atoms with E-state index in [1.165, 1.54) is 11.0 Å². The first-order valence-corrected chi connectivity index (χ1v) is 9.88. The number of nitriles is 1. The fourth-order valence-corrected chi connectivity index (χ4v) is 3.37. The first-order valence-electron chi connectivity index (χ1n) is 9.88. The second kappa shape index (κ2) is 8.53. The van der Waals surface area contributed by atoms with Gasteiger partial charge in [-0.2, -0.15) is 5.26 Å². The number of hydrogen-bond acceptors (Lipinski definition) is 6. The molecule has 2 aromatic rings. The van der Waals surface area contributed by atoms with E-state index in [-0.39, 0.29) is 29.8 Å². The minimum atomic E-state index is -0.541. The topological polar surface area (TPSA) is 113 Å². The van der Waals surface area contributed by atoms with Crippen molar-refractivity contribution in [1.29, 1.82) is 5.26 Å². The van der Waals surface area contributed by atoms with Crippen molar-refractivity contribution >= 4 is 12.0 Å². The van der Waals surface area contributed by atoms with Gasteiger partial charge in [0.15, 0.2) is 0 Å². The molecule has 0 saturated carbocycles. The van der Waals surface area contributed by atoms with Crippen molar-refractivity contribution < 1.29 is 14.3 Å². The molecule has 1 aromatic heterocycles. The van der Waals surface area contributed by atoms with Gasteiger partial charge in [-0.3, -0.25) is 4.79 Å². The summed E-state index contributed by atoms with van der Waals surface area (Å²) in [4.78, 5) is 30.6. The van der Waals surface area contributed by atoms with Gasteiger partial charge in [-0.25, -0.2) is 14.5 Å². The van der Waals surface area contributed by atoms with Crippen molar-refractivity contribution in [2.75, 3.05) is 13.1 Å². The molecule has 0 bridgehead atoms. The Bertz CT molecular complexity index is 972. The summed E-state index contributed by atoms with van der Waals surface area (Å²) in [5, 5.41) is 16.1. The molecular formula is C21H26N6O3. The Kier molecular flexibility index (Phi) is 6.06. The highest BCUT2D eigenvalue weighted by Gasteiger charge is 2.36. The van der Waals surface area contributed by atoms with Gasteiger partial charge in [0.05, 0.1) is 17.3 Å². The average Bonchev–Trinajstić information content (AvgIpc) is 3.32. The SMILES string of the molecule is C[C@@H]1[C@H](CNC(=O)c2ncn(-c3cccc(C#N)c3)n2)CCN1C(=O)OC(C)(C)C. The van der Waals surface area contributed by atoms with Crippen molar-refractivity contribution in [3.63, 3.8) is 0 Å². The number of nitrogens with zero attached hydrogens (tertiary/aromatic N) is 5. The van der Waals surface area contributed by atoms with Gasteiger partial charge in [-0.15, -0.1) is 5.10 Å². The molecule has 0 radical (unpaired) electrons. The number of ether oxygens (including phenoxy) is 1. The van der Waals surface area contributed by atoms with Gasteiger partial charge in [0.25, 0.3) is 5.91 Å². The van der Waals surface area contributed by atoms with Gasteiger partial charge in [0, 0.05) is 19.1 Å². The lowest BCUT2D eigenvalue weighted by molar-refractivity contribution is 0.0223. The van der Waals surface area contributed by atoms with Crippen LogP contribution in [0.15, 0.2) is 30.6 Å². The summed E-state index contributed by atoms with van der Waals surface area (Å²) in [7, 11) is 0. The third-order valence-electron chi connectivity index (χ3n) is 5.00. The lowest BCUT2D eigenvalue weighted by atomic mass is 10.0. The Morgan fingerprint density at radius 1 is 1.37 bits per heavy atom. The number of hydrogen-bond donors (Lipinski definition) is 1. The third-order valence-corrected chi connectivity index (χ3v) is 5.00. The minimum absolute atomic E-state index is 0.0422. The lowest BCUT2D eigenvalue weighted by Crippen LogP contribution is -2.42. The lowest BCUT2D eigenvalue weighted by Gasteiger charge is -2.28. The summed E-state index contributed by atoms with van der Waals surface area (Å²) in [5.41, 5.74) is 0.608. The van der Waals surface area contributed by atoms with Crippen LogP contribution < -0.4 is 5.32 Å². The van der Waals surface area contributed by atoms with Gasteiger partial charge in [-0.1, -0.05) is 6.07 Å². The number of carbonyl (C=O) groups is 2. The molecule has 0 aliphatic carbocycles. The molecule has 2 atom stereocenters. The predicted octanol–water partition coefficient (Wildman–Crippen LogP) is 2.51. The van der Waals surface area contributed by atoms with Gasteiger partial charge in [0.1, 0.15) is 11.9 Å². The van der Waals surface area contributed by atoms with Crippen LogP contribution in [-0.2, 0) is 4.74 Å². The molecule has 2 amide bonds. The van der Waals surface area contributed by atoms with E-state index in [9.17, 15) is 9.59 Å². The molecule has 9 nitrogen and oxygen atoms in total. The van der Waals surface area contributed by atoms with Crippen molar-refractivity contribution in [3.8, 4) is 11.8 Å². The molecule has 2 heterocycles. The smallest absolute Gasteiger partial charge is 0.410 e. The summed E-state index contributed by atoms with van der Waals surface area (Å²) < 4.78 is 6.91. The van der Waals surface area contributed by atoms with Crippen LogP contribution in [0, 0.1) is 17.2 Å². The van der Waals surface area contributed by atoms with E-state index in [1.807, 2.05) is 27.7 Å². The van der Waals surface area contributed by atoms with E-state index in [1.54, 1.807) is 29.2 Å². The molecule has 1 fully saturated rings. The fraction of sp³-hybridized carbons (Fsp3) is 0.476. The standard InChI is InChI=1S/C21H26N6O3/c1-14-16(8-9-26(14)20(29)30-21(2,3)4)12-23-19(28)18-24-13-27(25-18)17-7-5-6-15(10-17)11-22/h5-7,10,13-14,16H,8-9,12H2,1-4H3,(H,23,28)/t14-,16+/m1/s1. The van der Waals surface area contributed by atoms with E-state index >= 15 is 0 Å². The summed E-state index contributed by atoms with van der Waals surface area (Å²) in [6.07, 6.45) is 1.89. The second-order valence-corrected chi connectivity index (χ2v) is 8.35. The van der Waals surface area contributed by atoms with Gasteiger partial charge in [0.2, 0.25) is 5.82 Å². The van der Waals surface area contributed by atoms with Gasteiger partial charge in [-0.05, 0) is 58.2 Å². The normalized spacial score (nSPS) is 18.7. The molecule has 0 unspecified atom stereocenters. The Hall–Kier alpha value is -3.41. The first-order chi connectivity index (χ1) is 14.2. The molecule has 1 aromatic carbocycles. The van der Waals surface area contributed by atoms with Crippen LogP contribution >= 0.6 is 0 Å². The zero-order valence-electron chi connectivity index (χ0n) is 17.6. The highest BCUT2D eigenvalue weighted by molar-refractivity contribution is 5.90. The van der Waals surface area contributed by atoms with E-state index in [2.05, 4.69) is 21.5 Å². The molecule has 1 saturated heterocycles. The molecule has 1 N–H and O–H groups in total. The monoisotopic (exact) mass is 410 g/mol. The molecule has 0 spiro atoms. The Morgan fingerprint density at radius 2 is 2.13 bits per heavy atom. The maximum Gasteiger partial charge on any atom is 0.410 e. The second-order valence-electron chi connectivity index (χ2n) is 8.35.